The second kappa shape index (κ2) is 6.30. The Morgan fingerprint density at radius 2 is 1.62 bits per heavy atom. The van der Waals surface area contributed by atoms with Crippen LogP contribution in [0.25, 0.3) is 5.57 Å². The minimum absolute atomic E-state index is 0.204. The van der Waals surface area contributed by atoms with Crippen molar-refractivity contribution in [2.24, 2.45) is 0 Å². The lowest BCUT2D eigenvalue weighted by atomic mass is 10.0. The van der Waals surface area contributed by atoms with Crippen LogP contribution in [-0.4, -0.2) is 23.8 Å². The van der Waals surface area contributed by atoms with Gasteiger partial charge in [0.15, 0.2) is 0 Å². The number of nitrogens with one attached hydrogen (secondary N) is 1. The van der Waals surface area contributed by atoms with Crippen molar-refractivity contribution in [2.75, 3.05) is 12.4 Å². The van der Waals surface area contributed by atoms with E-state index in [9.17, 15) is 9.59 Å². The molecule has 0 fully saturated rings. The summed E-state index contributed by atoms with van der Waals surface area (Å²) in [5, 5.41) is 3.82. The van der Waals surface area contributed by atoms with Crippen LogP contribution in [0.15, 0.2) is 48.2 Å². The zero-order valence-electron chi connectivity index (χ0n) is 13.1. The lowest BCUT2D eigenvalue weighted by molar-refractivity contribution is -0.135. The number of carbonyl (C=O) groups excluding carboxylic acids is 2. The van der Waals surface area contributed by atoms with Gasteiger partial charge < -0.3 is 5.32 Å². The Labute approximate surface area is 149 Å². The zero-order valence-corrected chi connectivity index (χ0v) is 14.6. The molecule has 2 amide bonds. The smallest absolute Gasteiger partial charge is 0.277 e. The SMILES string of the molecule is Cc1ccc(NC2=C(c3ccc(Cl)cc3Cl)C(=O)N(C)C2=O)cc1. The number of carbonyl (C=O) groups is 2. The topological polar surface area (TPSA) is 49.4 Å². The summed E-state index contributed by atoms with van der Waals surface area (Å²) in [5.41, 5.74) is 2.73. The average molecular weight is 361 g/mol. The predicted octanol–water partition coefficient (Wildman–Crippen LogP) is 4.12. The molecule has 0 saturated carbocycles. The highest BCUT2D eigenvalue weighted by Crippen LogP contribution is 2.34. The molecule has 2 aromatic rings. The Kier molecular flexibility index (Phi) is 4.35. The Balaban J connectivity index is 2.11. The first-order chi connectivity index (χ1) is 11.4. The molecular formula is C18H14Cl2N2O2. The van der Waals surface area contributed by atoms with Crippen molar-refractivity contribution in [1.29, 1.82) is 0 Å². The molecular weight excluding hydrogens is 347 g/mol. The number of imide groups is 1. The number of hydrogen-bond acceptors (Lipinski definition) is 3. The summed E-state index contributed by atoms with van der Waals surface area (Å²) in [6.07, 6.45) is 0. The minimum atomic E-state index is -0.404. The fourth-order valence-electron chi connectivity index (χ4n) is 2.48. The predicted molar refractivity (Wildman–Crippen MR) is 96.0 cm³/mol. The van der Waals surface area contributed by atoms with Gasteiger partial charge in [-0.05, 0) is 31.2 Å². The van der Waals surface area contributed by atoms with Crippen molar-refractivity contribution in [3.63, 3.8) is 0 Å². The maximum atomic E-state index is 12.5. The molecule has 3 rings (SSSR count). The van der Waals surface area contributed by atoms with Gasteiger partial charge in [-0.25, -0.2) is 0 Å². The van der Waals surface area contributed by atoms with Crippen molar-refractivity contribution < 1.29 is 9.59 Å². The maximum absolute atomic E-state index is 12.5. The van der Waals surface area contributed by atoms with Crippen LogP contribution in [0.2, 0.25) is 10.0 Å². The number of nitrogens with zero attached hydrogens (tertiary/aromatic N) is 1. The Morgan fingerprint density at radius 1 is 0.958 bits per heavy atom. The molecule has 24 heavy (non-hydrogen) atoms. The molecule has 6 heteroatoms. The van der Waals surface area contributed by atoms with Crippen LogP contribution in [0, 0.1) is 6.92 Å². The molecule has 0 bridgehead atoms. The molecule has 1 aliphatic heterocycles. The molecule has 0 aromatic heterocycles. The van der Waals surface area contributed by atoms with E-state index in [0.29, 0.717) is 15.6 Å². The quantitative estimate of drug-likeness (QED) is 0.837. The van der Waals surface area contributed by atoms with E-state index in [1.807, 2.05) is 31.2 Å². The van der Waals surface area contributed by atoms with Crippen molar-refractivity contribution >= 4 is 46.3 Å². The van der Waals surface area contributed by atoms with E-state index >= 15 is 0 Å². The number of rotatable bonds is 3. The first kappa shape index (κ1) is 16.6. The third kappa shape index (κ3) is 2.90. The van der Waals surface area contributed by atoms with E-state index in [0.717, 1.165) is 16.2 Å². The summed E-state index contributed by atoms with van der Waals surface area (Å²) < 4.78 is 0. The lowest BCUT2D eigenvalue weighted by Crippen LogP contribution is -2.27. The highest BCUT2D eigenvalue weighted by molar-refractivity contribution is 6.41. The summed E-state index contributed by atoms with van der Waals surface area (Å²) in [4.78, 5) is 26.1. The number of anilines is 1. The normalized spacial score (nSPS) is 14.6. The summed E-state index contributed by atoms with van der Waals surface area (Å²) in [6, 6.07) is 12.4. The minimum Gasteiger partial charge on any atom is -0.350 e. The summed E-state index contributed by atoms with van der Waals surface area (Å²) in [5.74, 6) is -0.805. The summed E-state index contributed by atoms with van der Waals surface area (Å²) >= 11 is 12.2. The second-order valence-corrected chi connectivity index (χ2v) is 6.38. The van der Waals surface area contributed by atoms with E-state index in [2.05, 4.69) is 5.32 Å². The van der Waals surface area contributed by atoms with Crippen LogP contribution >= 0.6 is 23.2 Å². The number of amides is 2. The highest BCUT2D eigenvalue weighted by Gasteiger charge is 2.37. The first-order valence-electron chi connectivity index (χ1n) is 7.24. The van der Waals surface area contributed by atoms with E-state index < -0.39 is 11.8 Å². The van der Waals surface area contributed by atoms with Crippen LogP contribution in [-0.2, 0) is 9.59 Å². The standard InChI is InChI=1S/C18H14Cl2N2O2/c1-10-3-6-12(7-4-10)21-16-15(17(23)22(2)18(16)24)13-8-5-11(19)9-14(13)20/h3-9,21H,1-2H3. The number of halogens is 2. The van der Waals surface area contributed by atoms with Gasteiger partial charge in [0.2, 0.25) is 0 Å². The van der Waals surface area contributed by atoms with Crippen LogP contribution in [0.5, 0.6) is 0 Å². The van der Waals surface area contributed by atoms with Crippen molar-refractivity contribution in [3.05, 3.63) is 69.3 Å². The number of likely N-dealkylation sites (N-methyl/N-ethyl adjacent to an activating group) is 1. The monoisotopic (exact) mass is 360 g/mol. The van der Waals surface area contributed by atoms with Crippen LogP contribution in [0.4, 0.5) is 5.69 Å². The maximum Gasteiger partial charge on any atom is 0.277 e. The van der Waals surface area contributed by atoms with Crippen molar-refractivity contribution in [2.45, 2.75) is 6.92 Å². The van der Waals surface area contributed by atoms with E-state index in [-0.39, 0.29) is 11.3 Å². The van der Waals surface area contributed by atoms with Gasteiger partial charge in [0.25, 0.3) is 11.8 Å². The van der Waals surface area contributed by atoms with Gasteiger partial charge in [-0.1, -0.05) is 47.0 Å². The number of benzene rings is 2. The number of hydrogen-bond donors (Lipinski definition) is 1. The van der Waals surface area contributed by atoms with Gasteiger partial charge in [0, 0.05) is 23.3 Å². The van der Waals surface area contributed by atoms with Crippen LogP contribution in [0.3, 0.4) is 0 Å². The van der Waals surface area contributed by atoms with E-state index in [1.165, 1.54) is 7.05 Å². The molecule has 1 N–H and O–H groups in total. The molecule has 0 spiro atoms. The molecule has 0 unspecified atom stereocenters. The fourth-order valence-corrected chi connectivity index (χ4v) is 2.98. The largest absolute Gasteiger partial charge is 0.350 e. The Bertz CT molecular complexity index is 873. The Morgan fingerprint density at radius 3 is 2.25 bits per heavy atom. The van der Waals surface area contributed by atoms with E-state index in [4.69, 9.17) is 23.2 Å². The van der Waals surface area contributed by atoms with Gasteiger partial charge >= 0.3 is 0 Å². The molecule has 0 atom stereocenters. The summed E-state index contributed by atoms with van der Waals surface area (Å²) in [7, 11) is 1.44. The van der Waals surface area contributed by atoms with Crippen molar-refractivity contribution in [3.8, 4) is 0 Å². The van der Waals surface area contributed by atoms with Gasteiger partial charge in [-0.2, -0.15) is 0 Å². The third-order valence-electron chi connectivity index (χ3n) is 3.81. The molecule has 0 saturated heterocycles. The average Bonchev–Trinajstić information content (AvgIpc) is 2.75. The molecule has 1 aliphatic rings. The summed E-state index contributed by atoms with van der Waals surface area (Å²) in [6.45, 7) is 1.97. The first-order valence-corrected chi connectivity index (χ1v) is 8.00. The van der Waals surface area contributed by atoms with Crippen LogP contribution < -0.4 is 5.32 Å². The molecule has 2 aromatic carbocycles. The van der Waals surface area contributed by atoms with E-state index in [1.54, 1.807) is 18.2 Å². The molecule has 0 aliphatic carbocycles. The van der Waals surface area contributed by atoms with Gasteiger partial charge in [0.1, 0.15) is 5.70 Å². The highest BCUT2D eigenvalue weighted by atomic mass is 35.5. The van der Waals surface area contributed by atoms with Crippen LogP contribution in [0.1, 0.15) is 11.1 Å². The molecule has 0 radical (unpaired) electrons. The lowest BCUT2D eigenvalue weighted by Gasteiger charge is -2.09. The van der Waals surface area contributed by atoms with Gasteiger partial charge in [-0.15, -0.1) is 0 Å². The third-order valence-corrected chi connectivity index (χ3v) is 4.36. The Hall–Kier alpha value is -2.30. The second-order valence-electron chi connectivity index (χ2n) is 5.53. The molecule has 122 valence electrons. The van der Waals surface area contributed by atoms with Crippen molar-refractivity contribution in [1.82, 2.24) is 4.90 Å². The molecule has 1 heterocycles. The zero-order chi connectivity index (χ0) is 17.4. The number of aryl methyl sites for hydroxylation is 1. The molecule has 4 nitrogen and oxygen atoms in total. The van der Waals surface area contributed by atoms with Gasteiger partial charge in [-0.3, -0.25) is 14.5 Å². The fraction of sp³-hybridized carbons (Fsp3) is 0.111. The van der Waals surface area contributed by atoms with Gasteiger partial charge in [0.05, 0.1) is 10.6 Å².